The number of halogens is 1. The molecule has 2 aromatic carbocycles. The lowest BCUT2D eigenvalue weighted by molar-refractivity contribution is -0.121. The first-order valence-corrected chi connectivity index (χ1v) is 8.71. The summed E-state index contributed by atoms with van der Waals surface area (Å²) in [5.41, 5.74) is 2.87. The lowest BCUT2D eigenvalue weighted by Crippen LogP contribution is -2.28. The van der Waals surface area contributed by atoms with Crippen LogP contribution >= 0.6 is 0 Å². The van der Waals surface area contributed by atoms with Gasteiger partial charge in [-0.1, -0.05) is 24.3 Å². The topological polar surface area (TPSA) is 56.0 Å². The lowest BCUT2D eigenvalue weighted by Gasteiger charge is -2.07. The number of aryl methyl sites for hydroxylation is 3. The quantitative estimate of drug-likeness (QED) is 0.739. The summed E-state index contributed by atoms with van der Waals surface area (Å²) < 4.78 is 16.9. The van der Waals surface area contributed by atoms with Gasteiger partial charge in [0.1, 0.15) is 5.82 Å². The van der Waals surface area contributed by atoms with Gasteiger partial charge >= 0.3 is 5.69 Å². The molecule has 0 unspecified atom stereocenters. The molecule has 0 radical (unpaired) electrons. The molecule has 1 aromatic heterocycles. The number of rotatable bonds is 6. The zero-order valence-corrected chi connectivity index (χ0v) is 15.0. The van der Waals surface area contributed by atoms with E-state index in [2.05, 4.69) is 5.32 Å². The number of nitrogens with one attached hydrogen (secondary N) is 1. The van der Waals surface area contributed by atoms with E-state index in [0.29, 0.717) is 24.2 Å². The Bertz CT molecular complexity index is 1000. The fourth-order valence-electron chi connectivity index (χ4n) is 3.04. The molecule has 0 aliphatic heterocycles. The van der Waals surface area contributed by atoms with E-state index in [-0.39, 0.29) is 30.4 Å². The fourth-order valence-corrected chi connectivity index (χ4v) is 3.04. The number of benzene rings is 2. The SMILES string of the molecule is CCn1c(=O)n(CCC(=O)NCc2ccc(C)c(F)c2)c2ccccc21. The molecule has 0 spiro atoms. The minimum Gasteiger partial charge on any atom is -0.352 e. The van der Waals surface area contributed by atoms with Gasteiger partial charge in [0.05, 0.1) is 11.0 Å². The zero-order chi connectivity index (χ0) is 18.7. The van der Waals surface area contributed by atoms with Crippen molar-refractivity contribution >= 4 is 16.9 Å². The van der Waals surface area contributed by atoms with Gasteiger partial charge in [0.15, 0.2) is 0 Å². The summed E-state index contributed by atoms with van der Waals surface area (Å²) in [5, 5.41) is 2.78. The Morgan fingerprint density at radius 2 is 1.81 bits per heavy atom. The molecule has 0 fully saturated rings. The number of carbonyl (C=O) groups excluding carboxylic acids is 1. The van der Waals surface area contributed by atoms with Crippen LogP contribution < -0.4 is 11.0 Å². The molecule has 1 heterocycles. The van der Waals surface area contributed by atoms with Crippen molar-refractivity contribution in [1.82, 2.24) is 14.5 Å². The maximum atomic E-state index is 13.5. The molecule has 1 N–H and O–H groups in total. The Balaban J connectivity index is 1.66. The summed E-state index contributed by atoms with van der Waals surface area (Å²) in [6.45, 7) is 4.77. The molecular formula is C20H22FN3O2. The van der Waals surface area contributed by atoms with Crippen LogP contribution in [0.3, 0.4) is 0 Å². The van der Waals surface area contributed by atoms with Crippen molar-refractivity contribution in [3.8, 4) is 0 Å². The van der Waals surface area contributed by atoms with E-state index in [4.69, 9.17) is 0 Å². The molecule has 1 amide bonds. The molecule has 6 heteroatoms. The zero-order valence-electron chi connectivity index (χ0n) is 15.0. The van der Waals surface area contributed by atoms with E-state index in [1.165, 1.54) is 6.07 Å². The third-order valence-electron chi connectivity index (χ3n) is 4.53. The number of carbonyl (C=O) groups is 1. The van der Waals surface area contributed by atoms with Crippen molar-refractivity contribution in [2.75, 3.05) is 0 Å². The molecule has 0 atom stereocenters. The third kappa shape index (κ3) is 3.54. The summed E-state index contributed by atoms with van der Waals surface area (Å²) in [6.07, 6.45) is 0.186. The highest BCUT2D eigenvalue weighted by Gasteiger charge is 2.12. The minimum absolute atomic E-state index is 0.109. The maximum Gasteiger partial charge on any atom is 0.329 e. The first kappa shape index (κ1) is 17.9. The van der Waals surface area contributed by atoms with E-state index in [0.717, 1.165) is 11.0 Å². The molecule has 0 saturated heterocycles. The van der Waals surface area contributed by atoms with Crippen LogP contribution in [0.4, 0.5) is 4.39 Å². The van der Waals surface area contributed by atoms with Crippen molar-refractivity contribution < 1.29 is 9.18 Å². The van der Waals surface area contributed by atoms with E-state index in [1.54, 1.807) is 28.2 Å². The van der Waals surface area contributed by atoms with Gasteiger partial charge in [0.25, 0.3) is 0 Å². The van der Waals surface area contributed by atoms with Gasteiger partial charge in [-0.25, -0.2) is 9.18 Å². The van der Waals surface area contributed by atoms with Gasteiger partial charge in [0.2, 0.25) is 5.91 Å². The van der Waals surface area contributed by atoms with Crippen LogP contribution in [-0.2, 0) is 24.4 Å². The van der Waals surface area contributed by atoms with E-state index >= 15 is 0 Å². The lowest BCUT2D eigenvalue weighted by atomic mass is 10.1. The van der Waals surface area contributed by atoms with Crippen molar-refractivity contribution in [3.05, 3.63) is 69.9 Å². The maximum absolute atomic E-state index is 13.5. The highest BCUT2D eigenvalue weighted by Crippen LogP contribution is 2.13. The van der Waals surface area contributed by atoms with Crippen LogP contribution in [0.25, 0.3) is 11.0 Å². The molecule has 3 rings (SSSR count). The van der Waals surface area contributed by atoms with Crippen molar-refractivity contribution in [1.29, 1.82) is 0 Å². The number of para-hydroxylation sites is 2. The third-order valence-corrected chi connectivity index (χ3v) is 4.53. The second-order valence-corrected chi connectivity index (χ2v) is 6.28. The van der Waals surface area contributed by atoms with Gasteiger partial charge in [-0.3, -0.25) is 13.9 Å². The predicted molar refractivity (Wildman–Crippen MR) is 99.5 cm³/mol. The fraction of sp³-hybridized carbons (Fsp3) is 0.300. The Morgan fingerprint density at radius 3 is 2.46 bits per heavy atom. The summed E-state index contributed by atoms with van der Waals surface area (Å²) in [5.74, 6) is -0.457. The molecule has 3 aromatic rings. The largest absolute Gasteiger partial charge is 0.352 e. The van der Waals surface area contributed by atoms with Crippen molar-refractivity contribution in [3.63, 3.8) is 0 Å². The van der Waals surface area contributed by atoms with Gasteiger partial charge in [0, 0.05) is 26.1 Å². The Hall–Kier alpha value is -2.89. The number of fused-ring (bicyclic) bond motifs is 1. The van der Waals surface area contributed by atoms with Crippen molar-refractivity contribution in [2.45, 2.75) is 39.9 Å². The standard InChI is InChI=1S/C20H22FN3O2/c1-3-23-17-6-4-5-7-18(17)24(20(23)26)11-10-19(25)22-13-15-9-8-14(2)16(21)12-15/h4-9,12H,3,10-11,13H2,1-2H3,(H,22,25). The second kappa shape index (κ2) is 7.56. The van der Waals surface area contributed by atoms with Gasteiger partial charge in [-0.15, -0.1) is 0 Å². The van der Waals surface area contributed by atoms with Gasteiger partial charge in [-0.05, 0) is 43.2 Å². The average molecular weight is 355 g/mol. The number of hydrogen-bond donors (Lipinski definition) is 1. The summed E-state index contributed by atoms with van der Waals surface area (Å²) >= 11 is 0. The summed E-state index contributed by atoms with van der Waals surface area (Å²) in [7, 11) is 0. The van der Waals surface area contributed by atoms with Crippen LogP contribution in [0.15, 0.2) is 47.3 Å². The second-order valence-electron chi connectivity index (χ2n) is 6.28. The molecule has 0 aliphatic carbocycles. The Morgan fingerprint density at radius 1 is 1.12 bits per heavy atom. The van der Waals surface area contributed by atoms with E-state index in [9.17, 15) is 14.0 Å². The first-order chi connectivity index (χ1) is 12.5. The van der Waals surface area contributed by atoms with Crippen molar-refractivity contribution in [2.24, 2.45) is 0 Å². The smallest absolute Gasteiger partial charge is 0.329 e. The number of hydrogen-bond acceptors (Lipinski definition) is 2. The first-order valence-electron chi connectivity index (χ1n) is 8.71. The molecule has 26 heavy (non-hydrogen) atoms. The van der Waals surface area contributed by atoms with Gasteiger partial charge in [-0.2, -0.15) is 0 Å². The molecule has 136 valence electrons. The highest BCUT2D eigenvalue weighted by atomic mass is 19.1. The number of nitrogens with zero attached hydrogens (tertiary/aromatic N) is 2. The van der Waals surface area contributed by atoms with Gasteiger partial charge < -0.3 is 5.32 Å². The summed E-state index contributed by atoms with van der Waals surface area (Å²) in [4.78, 5) is 24.7. The number of amides is 1. The van der Waals surface area contributed by atoms with E-state index in [1.807, 2.05) is 31.2 Å². The number of imidazole rings is 1. The molecule has 0 bridgehead atoms. The Labute approximate surface area is 151 Å². The molecule has 0 saturated carbocycles. The average Bonchev–Trinajstić information content (AvgIpc) is 2.91. The van der Waals surface area contributed by atoms with Crippen LogP contribution in [-0.4, -0.2) is 15.0 Å². The van der Waals surface area contributed by atoms with Crippen LogP contribution in [0.1, 0.15) is 24.5 Å². The number of aromatic nitrogens is 2. The van der Waals surface area contributed by atoms with Crippen LogP contribution in [0, 0.1) is 12.7 Å². The van der Waals surface area contributed by atoms with Crippen LogP contribution in [0.2, 0.25) is 0 Å². The predicted octanol–water partition coefficient (Wildman–Crippen LogP) is 2.98. The summed E-state index contributed by atoms with van der Waals surface area (Å²) in [6, 6.07) is 12.5. The normalized spacial score (nSPS) is 11.0. The van der Waals surface area contributed by atoms with Crippen LogP contribution in [0.5, 0.6) is 0 Å². The molecule has 5 nitrogen and oxygen atoms in total. The minimum atomic E-state index is -0.282. The van der Waals surface area contributed by atoms with E-state index < -0.39 is 0 Å². The molecular weight excluding hydrogens is 333 g/mol. The molecule has 0 aliphatic rings. The Kier molecular flexibility index (Phi) is 5.21. The monoisotopic (exact) mass is 355 g/mol. The highest BCUT2D eigenvalue weighted by molar-refractivity contribution is 5.78.